The molecule has 0 bridgehead atoms. The highest BCUT2D eigenvalue weighted by atomic mass is 32.2. The van der Waals surface area contributed by atoms with E-state index in [-0.39, 0.29) is 17.6 Å². The van der Waals surface area contributed by atoms with Gasteiger partial charge in [0.25, 0.3) is 0 Å². The second-order valence-electron chi connectivity index (χ2n) is 6.12. The largest absolute Gasteiger partial charge is 0.497 e. The van der Waals surface area contributed by atoms with Gasteiger partial charge in [-0.15, -0.1) is 0 Å². The van der Waals surface area contributed by atoms with Crippen LogP contribution in [0.4, 0.5) is 0 Å². The zero-order valence-electron chi connectivity index (χ0n) is 14.6. The summed E-state index contributed by atoms with van der Waals surface area (Å²) in [6, 6.07) is 7.64. The Morgan fingerprint density at radius 3 is 2.33 bits per heavy atom. The van der Waals surface area contributed by atoms with E-state index in [1.165, 1.54) is 4.31 Å². The number of hydrogen-bond donors (Lipinski definition) is 0. The van der Waals surface area contributed by atoms with Crippen LogP contribution in [0.5, 0.6) is 5.75 Å². The van der Waals surface area contributed by atoms with Gasteiger partial charge in [0.1, 0.15) is 5.75 Å². The zero-order chi connectivity index (χ0) is 17.7. The Hall–Kier alpha value is -1.60. The summed E-state index contributed by atoms with van der Waals surface area (Å²) >= 11 is 0. The van der Waals surface area contributed by atoms with E-state index in [9.17, 15) is 13.2 Å². The molecule has 0 unspecified atom stereocenters. The van der Waals surface area contributed by atoms with Crippen molar-refractivity contribution in [3.05, 3.63) is 29.8 Å². The van der Waals surface area contributed by atoms with E-state index in [2.05, 4.69) is 0 Å². The van der Waals surface area contributed by atoms with E-state index < -0.39 is 10.0 Å². The molecule has 1 aromatic carbocycles. The van der Waals surface area contributed by atoms with Crippen LogP contribution in [-0.4, -0.2) is 56.5 Å². The molecule has 1 aromatic rings. The van der Waals surface area contributed by atoms with Crippen molar-refractivity contribution in [2.24, 2.45) is 5.92 Å². The molecule has 1 aliphatic heterocycles. The van der Waals surface area contributed by atoms with Gasteiger partial charge in [-0.05, 0) is 37.5 Å². The third kappa shape index (κ3) is 4.48. The minimum atomic E-state index is -3.15. The van der Waals surface area contributed by atoms with Crippen molar-refractivity contribution in [2.45, 2.75) is 26.3 Å². The lowest BCUT2D eigenvalue weighted by Gasteiger charge is -2.32. The van der Waals surface area contributed by atoms with Gasteiger partial charge < -0.3 is 9.64 Å². The number of carbonyl (C=O) groups excluding carboxylic acids is 1. The Bertz CT molecular complexity index is 650. The topological polar surface area (TPSA) is 66.9 Å². The van der Waals surface area contributed by atoms with Gasteiger partial charge in [-0.2, -0.15) is 0 Å². The van der Waals surface area contributed by atoms with E-state index in [1.54, 1.807) is 26.0 Å². The summed E-state index contributed by atoms with van der Waals surface area (Å²) in [5.41, 5.74) is 1.04. The minimum Gasteiger partial charge on any atom is -0.497 e. The molecule has 7 heteroatoms. The number of hydrogen-bond acceptors (Lipinski definition) is 4. The molecule has 1 aliphatic rings. The number of amides is 1. The fraction of sp³-hybridized carbons (Fsp3) is 0.588. The monoisotopic (exact) mass is 354 g/mol. The van der Waals surface area contributed by atoms with E-state index in [0.717, 1.165) is 11.3 Å². The van der Waals surface area contributed by atoms with Gasteiger partial charge in [-0.1, -0.05) is 12.1 Å². The molecule has 0 saturated carbocycles. The average Bonchev–Trinajstić information content (AvgIpc) is 2.61. The van der Waals surface area contributed by atoms with Crippen LogP contribution in [0.3, 0.4) is 0 Å². The third-order valence-electron chi connectivity index (χ3n) is 4.52. The molecular weight excluding hydrogens is 328 g/mol. The van der Waals surface area contributed by atoms with Crippen LogP contribution in [0.25, 0.3) is 0 Å². The van der Waals surface area contributed by atoms with E-state index >= 15 is 0 Å². The lowest BCUT2D eigenvalue weighted by atomic mass is 9.96. The molecule has 0 aromatic heterocycles. The predicted octanol–water partition coefficient (Wildman–Crippen LogP) is 1.72. The van der Waals surface area contributed by atoms with Crippen LogP contribution < -0.4 is 4.74 Å². The molecule has 2 rings (SSSR count). The molecule has 0 atom stereocenters. The molecule has 0 spiro atoms. The number of sulfonamides is 1. The van der Waals surface area contributed by atoms with Crippen LogP contribution in [0.2, 0.25) is 0 Å². The fourth-order valence-corrected chi connectivity index (χ4v) is 4.09. The summed E-state index contributed by atoms with van der Waals surface area (Å²) < 4.78 is 30.4. The zero-order valence-corrected chi connectivity index (χ0v) is 15.4. The molecule has 1 fully saturated rings. The van der Waals surface area contributed by atoms with E-state index in [1.807, 2.05) is 24.3 Å². The van der Waals surface area contributed by atoms with Gasteiger partial charge in [-0.25, -0.2) is 12.7 Å². The molecule has 0 N–H and O–H groups in total. The Labute approximate surface area is 144 Å². The van der Waals surface area contributed by atoms with Crippen LogP contribution >= 0.6 is 0 Å². The van der Waals surface area contributed by atoms with Crippen molar-refractivity contribution in [3.8, 4) is 5.75 Å². The number of benzene rings is 1. The average molecular weight is 354 g/mol. The van der Waals surface area contributed by atoms with Gasteiger partial charge in [0.2, 0.25) is 15.9 Å². The van der Waals surface area contributed by atoms with Crippen molar-refractivity contribution in [3.63, 3.8) is 0 Å². The van der Waals surface area contributed by atoms with Gasteiger partial charge >= 0.3 is 0 Å². The normalized spacial score (nSPS) is 16.8. The maximum atomic E-state index is 12.6. The molecule has 24 heavy (non-hydrogen) atoms. The summed E-state index contributed by atoms with van der Waals surface area (Å²) in [6.45, 7) is 3.05. The first kappa shape index (κ1) is 18.7. The standard InChI is InChI=1S/C17H26N2O4S/c1-4-24(21,22)19-11-9-15(10-12-19)17(20)18(2)13-14-5-7-16(23-3)8-6-14/h5-8,15H,4,9-13H2,1-3H3. The molecule has 0 radical (unpaired) electrons. The Morgan fingerprint density at radius 1 is 1.25 bits per heavy atom. The highest BCUT2D eigenvalue weighted by molar-refractivity contribution is 7.89. The van der Waals surface area contributed by atoms with Crippen molar-refractivity contribution >= 4 is 15.9 Å². The summed E-state index contributed by atoms with van der Waals surface area (Å²) in [4.78, 5) is 14.3. The second-order valence-corrected chi connectivity index (χ2v) is 8.37. The van der Waals surface area contributed by atoms with Gasteiger partial charge in [-0.3, -0.25) is 4.79 Å². The second kappa shape index (κ2) is 7.98. The number of ether oxygens (including phenoxy) is 1. The lowest BCUT2D eigenvalue weighted by Crippen LogP contribution is -2.43. The summed E-state index contributed by atoms with van der Waals surface area (Å²) in [5.74, 6) is 0.886. The quantitative estimate of drug-likeness (QED) is 0.780. The number of piperidine rings is 1. The maximum absolute atomic E-state index is 12.6. The number of nitrogens with zero attached hydrogens (tertiary/aromatic N) is 2. The first-order valence-corrected chi connectivity index (χ1v) is 9.84. The van der Waals surface area contributed by atoms with E-state index in [4.69, 9.17) is 4.74 Å². The summed E-state index contributed by atoms with van der Waals surface area (Å²) in [7, 11) is 0.265. The molecule has 134 valence electrons. The first-order chi connectivity index (χ1) is 11.4. The SMILES string of the molecule is CCS(=O)(=O)N1CCC(C(=O)N(C)Cc2ccc(OC)cc2)CC1. The van der Waals surface area contributed by atoms with Crippen molar-refractivity contribution in [1.82, 2.24) is 9.21 Å². The van der Waals surface area contributed by atoms with Crippen LogP contribution in [0.15, 0.2) is 24.3 Å². The van der Waals surface area contributed by atoms with Crippen molar-refractivity contribution in [1.29, 1.82) is 0 Å². The predicted molar refractivity (Wildman–Crippen MR) is 93.2 cm³/mol. The fourth-order valence-electron chi connectivity index (χ4n) is 2.96. The summed E-state index contributed by atoms with van der Waals surface area (Å²) in [5, 5.41) is 0. The van der Waals surface area contributed by atoms with Crippen molar-refractivity contribution in [2.75, 3.05) is 33.0 Å². The van der Waals surface area contributed by atoms with Crippen LogP contribution in [-0.2, 0) is 21.4 Å². The lowest BCUT2D eigenvalue weighted by molar-refractivity contribution is -0.135. The third-order valence-corrected chi connectivity index (χ3v) is 6.40. The molecular formula is C17H26N2O4S. The highest BCUT2D eigenvalue weighted by Crippen LogP contribution is 2.22. The van der Waals surface area contributed by atoms with Gasteiger partial charge in [0.15, 0.2) is 0 Å². The molecule has 1 amide bonds. The number of carbonyl (C=O) groups is 1. The Morgan fingerprint density at radius 2 is 1.83 bits per heavy atom. The Balaban J connectivity index is 1.89. The molecule has 6 nitrogen and oxygen atoms in total. The molecule has 1 heterocycles. The van der Waals surface area contributed by atoms with Crippen LogP contribution in [0, 0.1) is 5.92 Å². The Kier molecular flexibility index (Phi) is 6.23. The van der Waals surface area contributed by atoms with Gasteiger partial charge in [0, 0.05) is 32.6 Å². The highest BCUT2D eigenvalue weighted by Gasteiger charge is 2.31. The van der Waals surface area contributed by atoms with Crippen LogP contribution in [0.1, 0.15) is 25.3 Å². The smallest absolute Gasteiger partial charge is 0.225 e. The summed E-state index contributed by atoms with van der Waals surface area (Å²) in [6.07, 6.45) is 1.18. The number of methoxy groups -OCH3 is 1. The minimum absolute atomic E-state index is 0.0827. The molecule has 1 saturated heterocycles. The van der Waals surface area contributed by atoms with E-state index in [0.29, 0.717) is 32.5 Å². The van der Waals surface area contributed by atoms with Crippen molar-refractivity contribution < 1.29 is 17.9 Å². The number of rotatable bonds is 6. The van der Waals surface area contributed by atoms with Gasteiger partial charge in [0.05, 0.1) is 12.9 Å². The maximum Gasteiger partial charge on any atom is 0.225 e. The molecule has 0 aliphatic carbocycles. The first-order valence-electron chi connectivity index (χ1n) is 8.23.